The number of rotatable bonds is 7. The van der Waals surface area contributed by atoms with Crippen molar-refractivity contribution in [1.82, 2.24) is 5.32 Å². The lowest BCUT2D eigenvalue weighted by molar-refractivity contribution is -0.120. The minimum absolute atomic E-state index is 0.0464. The third kappa shape index (κ3) is 4.93. The first-order valence-corrected chi connectivity index (χ1v) is 11.7. The van der Waals surface area contributed by atoms with Gasteiger partial charge >= 0.3 is 0 Å². The molecule has 6 nitrogen and oxygen atoms in total. The van der Waals surface area contributed by atoms with E-state index in [-0.39, 0.29) is 22.1 Å². The molecule has 0 aliphatic rings. The molecule has 0 saturated carbocycles. The molecule has 2 rings (SSSR count). The van der Waals surface area contributed by atoms with Crippen molar-refractivity contribution >= 4 is 41.5 Å². The second kappa shape index (κ2) is 8.32. The summed E-state index contributed by atoms with van der Waals surface area (Å²) in [5.74, 6) is -1.06. The number of nitrogens with one attached hydrogen (secondary N) is 1. The highest BCUT2D eigenvalue weighted by atomic mass is 79.9. The van der Waals surface area contributed by atoms with E-state index in [1.165, 1.54) is 31.2 Å². The Morgan fingerprint density at radius 1 is 0.962 bits per heavy atom. The molecule has 0 fully saturated rings. The van der Waals surface area contributed by atoms with Crippen LogP contribution < -0.4 is 5.32 Å². The van der Waals surface area contributed by atoms with Crippen molar-refractivity contribution < 1.29 is 21.6 Å². The Bertz CT molecular complexity index is 972. The highest BCUT2D eigenvalue weighted by Crippen LogP contribution is 2.17. The average Bonchev–Trinajstić information content (AvgIpc) is 2.62. The van der Waals surface area contributed by atoms with Gasteiger partial charge in [-0.1, -0.05) is 34.1 Å². The van der Waals surface area contributed by atoms with Crippen LogP contribution in [0.2, 0.25) is 0 Å². The number of hydrogen-bond acceptors (Lipinski definition) is 5. The molecule has 0 saturated heterocycles. The summed E-state index contributed by atoms with van der Waals surface area (Å²) in [5, 5.41) is 1.07. The predicted octanol–water partition coefficient (Wildman–Crippen LogP) is 2.20. The molecule has 1 N–H and O–H groups in total. The molecule has 26 heavy (non-hydrogen) atoms. The molecule has 0 heterocycles. The van der Waals surface area contributed by atoms with E-state index in [1.807, 2.05) is 0 Å². The molecule has 0 unspecified atom stereocenters. The lowest BCUT2D eigenvalue weighted by Gasteiger charge is -2.13. The standard InChI is InChI=1S/C17H18BrNO5S2/c1-13(26(23,24)16-5-3-2-4-6-16)17(20)19-11-12-25(21,22)15-9-7-14(18)8-10-15/h2-10,13H,11-12H2,1H3,(H,19,20)/t13-/m0/s1. The van der Waals surface area contributed by atoms with Crippen LogP contribution in [0.4, 0.5) is 0 Å². The molecule has 0 bridgehead atoms. The Balaban J connectivity index is 1.99. The molecule has 1 atom stereocenters. The van der Waals surface area contributed by atoms with Gasteiger partial charge in [0.25, 0.3) is 0 Å². The number of sulfone groups is 2. The molecule has 9 heteroatoms. The van der Waals surface area contributed by atoms with E-state index < -0.39 is 30.8 Å². The Hall–Kier alpha value is -1.71. The summed E-state index contributed by atoms with van der Waals surface area (Å²) < 4.78 is 50.0. The quantitative estimate of drug-likeness (QED) is 0.684. The summed E-state index contributed by atoms with van der Waals surface area (Å²) >= 11 is 3.23. The summed E-state index contributed by atoms with van der Waals surface area (Å²) in [6.07, 6.45) is 0. The number of carbonyl (C=O) groups is 1. The molecule has 2 aromatic rings. The summed E-state index contributed by atoms with van der Waals surface area (Å²) in [5.41, 5.74) is 0. The Morgan fingerprint density at radius 3 is 2.12 bits per heavy atom. The number of benzene rings is 2. The number of carbonyl (C=O) groups excluding carboxylic acids is 1. The van der Waals surface area contributed by atoms with Crippen LogP contribution in [0, 0.1) is 0 Å². The van der Waals surface area contributed by atoms with Crippen LogP contribution >= 0.6 is 15.9 Å². The number of hydrogen-bond donors (Lipinski definition) is 1. The fourth-order valence-corrected chi connectivity index (χ4v) is 4.90. The van der Waals surface area contributed by atoms with Crippen LogP contribution in [-0.4, -0.2) is 40.3 Å². The van der Waals surface area contributed by atoms with E-state index >= 15 is 0 Å². The van der Waals surface area contributed by atoms with Crippen molar-refractivity contribution in [3.05, 3.63) is 59.1 Å². The van der Waals surface area contributed by atoms with Crippen molar-refractivity contribution in [2.24, 2.45) is 0 Å². The van der Waals surface area contributed by atoms with Crippen LogP contribution in [0.3, 0.4) is 0 Å². The van der Waals surface area contributed by atoms with E-state index in [2.05, 4.69) is 21.2 Å². The maximum Gasteiger partial charge on any atom is 0.238 e. The second-order valence-corrected chi connectivity index (χ2v) is 10.9. The van der Waals surface area contributed by atoms with Gasteiger partial charge in [-0.2, -0.15) is 0 Å². The highest BCUT2D eigenvalue weighted by molar-refractivity contribution is 9.10. The van der Waals surface area contributed by atoms with Crippen LogP contribution in [0.1, 0.15) is 6.92 Å². The molecule has 0 aromatic heterocycles. The highest BCUT2D eigenvalue weighted by Gasteiger charge is 2.29. The maximum absolute atomic E-state index is 12.4. The maximum atomic E-state index is 12.4. The van der Waals surface area contributed by atoms with Crippen molar-refractivity contribution in [2.45, 2.75) is 22.0 Å². The molecule has 1 amide bonds. The number of halogens is 1. The van der Waals surface area contributed by atoms with Crippen LogP contribution in [0.5, 0.6) is 0 Å². The normalized spacial score (nSPS) is 13.2. The third-order valence-corrected chi connectivity index (χ3v) is 8.08. The average molecular weight is 460 g/mol. The van der Waals surface area contributed by atoms with Crippen LogP contribution in [0.25, 0.3) is 0 Å². The summed E-state index contributed by atoms with van der Waals surface area (Å²) in [4.78, 5) is 12.3. The fourth-order valence-electron chi connectivity index (χ4n) is 2.17. The van der Waals surface area contributed by atoms with Crippen molar-refractivity contribution in [3.63, 3.8) is 0 Å². The van der Waals surface area contributed by atoms with Crippen LogP contribution in [0.15, 0.2) is 68.9 Å². The molecule has 0 radical (unpaired) electrons. The van der Waals surface area contributed by atoms with E-state index in [1.54, 1.807) is 30.3 Å². The Morgan fingerprint density at radius 2 is 1.54 bits per heavy atom. The second-order valence-electron chi connectivity index (χ2n) is 5.56. The van der Waals surface area contributed by atoms with Crippen molar-refractivity contribution in [1.29, 1.82) is 0 Å². The Kier molecular flexibility index (Phi) is 6.59. The van der Waals surface area contributed by atoms with Crippen LogP contribution in [-0.2, 0) is 24.5 Å². The molecule has 0 aliphatic heterocycles. The van der Waals surface area contributed by atoms with Gasteiger partial charge in [0.1, 0.15) is 5.25 Å². The topological polar surface area (TPSA) is 97.4 Å². The van der Waals surface area contributed by atoms with E-state index in [9.17, 15) is 21.6 Å². The predicted molar refractivity (Wildman–Crippen MR) is 102 cm³/mol. The molecular weight excluding hydrogens is 442 g/mol. The lowest BCUT2D eigenvalue weighted by atomic mass is 10.4. The lowest BCUT2D eigenvalue weighted by Crippen LogP contribution is -2.39. The van der Waals surface area contributed by atoms with E-state index in [0.29, 0.717) is 0 Å². The molecular formula is C17H18BrNO5S2. The molecule has 140 valence electrons. The SMILES string of the molecule is C[C@@H](C(=O)NCCS(=O)(=O)c1ccc(Br)cc1)S(=O)(=O)c1ccccc1. The monoisotopic (exact) mass is 459 g/mol. The molecule has 2 aromatic carbocycles. The fraction of sp³-hybridized carbons (Fsp3) is 0.235. The van der Waals surface area contributed by atoms with Gasteiger partial charge in [0.05, 0.1) is 15.5 Å². The zero-order chi connectivity index (χ0) is 19.4. The largest absolute Gasteiger partial charge is 0.354 e. The van der Waals surface area contributed by atoms with Crippen molar-refractivity contribution in [3.8, 4) is 0 Å². The van der Waals surface area contributed by atoms with Gasteiger partial charge in [-0.15, -0.1) is 0 Å². The minimum Gasteiger partial charge on any atom is -0.354 e. The van der Waals surface area contributed by atoms with Gasteiger partial charge in [-0.25, -0.2) is 16.8 Å². The summed E-state index contributed by atoms with van der Waals surface area (Å²) in [6, 6.07) is 13.8. The van der Waals surface area contributed by atoms with Gasteiger partial charge in [0.2, 0.25) is 5.91 Å². The zero-order valence-electron chi connectivity index (χ0n) is 13.9. The van der Waals surface area contributed by atoms with Gasteiger partial charge in [0.15, 0.2) is 19.7 Å². The summed E-state index contributed by atoms with van der Waals surface area (Å²) in [6.45, 7) is 1.10. The summed E-state index contributed by atoms with van der Waals surface area (Å²) in [7, 11) is -7.40. The van der Waals surface area contributed by atoms with E-state index in [4.69, 9.17) is 0 Å². The zero-order valence-corrected chi connectivity index (χ0v) is 17.1. The van der Waals surface area contributed by atoms with Gasteiger partial charge in [0, 0.05) is 11.0 Å². The van der Waals surface area contributed by atoms with Gasteiger partial charge in [-0.05, 0) is 43.3 Å². The first kappa shape index (κ1) is 20.6. The molecule has 0 aliphatic carbocycles. The first-order valence-electron chi connectivity index (χ1n) is 7.69. The first-order chi connectivity index (χ1) is 12.1. The van der Waals surface area contributed by atoms with Gasteiger partial charge < -0.3 is 5.32 Å². The Labute approximate surface area is 161 Å². The van der Waals surface area contributed by atoms with Gasteiger partial charge in [-0.3, -0.25) is 4.79 Å². The number of amides is 1. The molecule has 0 spiro atoms. The third-order valence-electron chi connectivity index (χ3n) is 3.75. The van der Waals surface area contributed by atoms with E-state index in [0.717, 1.165) is 4.47 Å². The minimum atomic E-state index is -3.83. The smallest absolute Gasteiger partial charge is 0.238 e. The van der Waals surface area contributed by atoms with Crippen molar-refractivity contribution in [2.75, 3.05) is 12.3 Å².